The lowest BCUT2D eigenvalue weighted by Gasteiger charge is -2.27. The number of piperidine rings is 1. The third kappa shape index (κ3) is 5.69. The Morgan fingerprint density at radius 3 is 2.46 bits per heavy atom. The maximum Gasteiger partial charge on any atom is 0.251 e. The number of amides is 2. The molecule has 7 heteroatoms. The zero-order valence-electron chi connectivity index (χ0n) is 15.1. The van der Waals surface area contributed by atoms with Gasteiger partial charge in [-0.3, -0.25) is 9.59 Å². The van der Waals surface area contributed by atoms with Crippen molar-refractivity contribution in [2.75, 3.05) is 25.1 Å². The number of hydrogen-bond donors (Lipinski definition) is 3. The van der Waals surface area contributed by atoms with Gasteiger partial charge < -0.3 is 20.7 Å². The van der Waals surface area contributed by atoms with E-state index in [0.717, 1.165) is 37.9 Å². The summed E-state index contributed by atoms with van der Waals surface area (Å²) in [5.74, 6) is 0.0393. The second-order valence-corrected chi connectivity index (χ2v) is 7.00. The van der Waals surface area contributed by atoms with E-state index < -0.39 is 0 Å². The molecule has 0 aromatic heterocycles. The minimum atomic E-state index is -0.0723. The number of nitrogens with one attached hydrogen (secondary N) is 3. The molecule has 1 aromatic carbocycles. The summed E-state index contributed by atoms with van der Waals surface area (Å²) in [6.07, 6.45) is 3.43. The summed E-state index contributed by atoms with van der Waals surface area (Å²) in [7, 11) is 0. The molecular formula is C19H28ClN3O3. The molecule has 1 aromatic rings. The average Bonchev–Trinajstić information content (AvgIpc) is 2.63. The van der Waals surface area contributed by atoms with E-state index in [1.165, 1.54) is 0 Å². The molecule has 0 bridgehead atoms. The Hall–Kier alpha value is -1.63. The first-order valence-corrected chi connectivity index (χ1v) is 9.15. The van der Waals surface area contributed by atoms with Gasteiger partial charge in [0.05, 0.1) is 0 Å². The van der Waals surface area contributed by atoms with Gasteiger partial charge in [-0.25, -0.2) is 0 Å². The standard InChI is InChI=1S/C19H27N3O3.ClH/c1-13-12-15(6-9-20-13)19(24)21-16-4-2-14(3-5-16)18(23)22-17-7-10-25-11-8-17;/h2-5,13,15,17,20H,6-12H2,1H3,(H,21,24)(H,22,23);1H/t13-,15-;/m0./s1. The molecular weight excluding hydrogens is 354 g/mol. The maximum absolute atomic E-state index is 12.4. The largest absolute Gasteiger partial charge is 0.381 e. The summed E-state index contributed by atoms with van der Waals surface area (Å²) in [4.78, 5) is 24.6. The zero-order valence-corrected chi connectivity index (χ0v) is 15.9. The molecule has 2 saturated heterocycles. The van der Waals surface area contributed by atoms with Crippen LogP contribution in [0.3, 0.4) is 0 Å². The van der Waals surface area contributed by atoms with Gasteiger partial charge in [-0.15, -0.1) is 12.4 Å². The SMILES string of the molecule is C[C@H]1C[C@@H](C(=O)Nc2ccc(C(=O)NC3CCOCC3)cc2)CCN1.Cl. The fraction of sp³-hybridized carbons (Fsp3) is 0.579. The van der Waals surface area contributed by atoms with Crippen molar-refractivity contribution in [2.45, 2.75) is 44.7 Å². The molecule has 2 fully saturated rings. The Kier molecular flexibility index (Phi) is 7.87. The predicted molar refractivity (Wildman–Crippen MR) is 104 cm³/mol. The maximum atomic E-state index is 12.4. The molecule has 144 valence electrons. The molecule has 0 unspecified atom stereocenters. The Balaban J connectivity index is 0.00000243. The van der Waals surface area contributed by atoms with E-state index in [2.05, 4.69) is 22.9 Å². The highest BCUT2D eigenvalue weighted by molar-refractivity contribution is 5.96. The third-order valence-electron chi connectivity index (χ3n) is 4.97. The Morgan fingerprint density at radius 1 is 1.12 bits per heavy atom. The van der Waals surface area contributed by atoms with Crippen molar-refractivity contribution < 1.29 is 14.3 Å². The van der Waals surface area contributed by atoms with Gasteiger partial charge in [0.25, 0.3) is 5.91 Å². The molecule has 3 rings (SSSR count). The Morgan fingerprint density at radius 2 is 1.81 bits per heavy atom. The molecule has 2 aliphatic rings. The van der Waals surface area contributed by atoms with Crippen molar-refractivity contribution in [1.82, 2.24) is 10.6 Å². The number of carbonyl (C=O) groups is 2. The molecule has 26 heavy (non-hydrogen) atoms. The van der Waals surface area contributed by atoms with Crippen molar-refractivity contribution in [3.8, 4) is 0 Å². The number of ether oxygens (including phenoxy) is 1. The molecule has 6 nitrogen and oxygen atoms in total. The fourth-order valence-electron chi connectivity index (χ4n) is 3.43. The van der Waals surface area contributed by atoms with Crippen LogP contribution >= 0.6 is 12.4 Å². The second kappa shape index (κ2) is 9.90. The summed E-state index contributed by atoms with van der Waals surface area (Å²) in [6.45, 7) is 4.38. The summed E-state index contributed by atoms with van der Waals surface area (Å²) in [5.41, 5.74) is 1.35. The van der Waals surface area contributed by atoms with E-state index >= 15 is 0 Å². The van der Waals surface area contributed by atoms with Crippen molar-refractivity contribution in [3.05, 3.63) is 29.8 Å². The van der Waals surface area contributed by atoms with Crippen molar-refractivity contribution in [2.24, 2.45) is 5.92 Å². The normalized spacial score (nSPS) is 23.6. The van der Waals surface area contributed by atoms with Crippen LogP contribution in [-0.4, -0.2) is 43.7 Å². The summed E-state index contributed by atoms with van der Waals surface area (Å²) in [5, 5.41) is 9.36. The van der Waals surface area contributed by atoms with Gasteiger partial charge in [0.2, 0.25) is 5.91 Å². The predicted octanol–water partition coefficient (Wildman–Crippen LogP) is 2.34. The monoisotopic (exact) mass is 381 g/mol. The first-order valence-electron chi connectivity index (χ1n) is 9.15. The molecule has 0 radical (unpaired) electrons. The quantitative estimate of drug-likeness (QED) is 0.748. The van der Waals surface area contributed by atoms with Crippen LogP contribution in [0.15, 0.2) is 24.3 Å². The van der Waals surface area contributed by atoms with Crippen LogP contribution in [0, 0.1) is 5.92 Å². The van der Waals surface area contributed by atoms with E-state index in [-0.39, 0.29) is 36.2 Å². The van der Waals surface area contributed by atoms with Gasteiger partial charge >= 0.3 is 0 Å². The van der Waals surface area contributed by atoms with E-state index in [9.17, 15) is 9.59 Å². The molecule has 0 aliphatic carbocycles. The highest BCUT2D eigenvalue weighted by Gasteiger charge is 2.24. The molecule has 0 spiro atoms. The zero-order chi connectivity index (χ0) is 17.6. The lowest BCUT2D eigenvalue weighted by Crippen LogP contribution is -2.40. The fourth-order valence-corrected chi connectivity index (χ4v) is 3.43. The minimum Gasteiger partial charge on any atom is -0.381 e. The highest BCUT2D eigenvalue weighted by Crippen LogP contribution is 2.19. The Labute approximate surface area is 160 Å². The van der Waals surface area contributed by atoms with Gasteiger partial charge in [0, 0.05) is 42.5 Å². The topological polar surface area (TPSA) is 79.5 Å². The van der Waals surface area contributed by atoms with Crippen molar-refractivity contribution in [1.29, 1.82) is 0 Å². The van der Waals surface area contributed by atoms with Crippen LogP contribution in [-0.2, 0) is 9.53 Å². The van der Waals surface area contributed by atoms with Crippen LogP contribution in [0.2, 0.25) is 0 Å². The lowest BCUT2D eigenvalue weighted by molar-refractivity contribution is -0.120. The van der Waals surface area contributed by atoms with E-state index in [0.29, 0.717) is 24.8 Å². The number of halogens is 1. The molecule has 2 atom stereocenters. The summed E-state index contributed by atoms with van der Waals surface area (Å²) >= 11 is 0. The van der Waals surface area contributed by atoms with Crippen LogP contribution in [0.1, 0.15) is 43.0 Å². The van der Waals surface area contributed by atoms with Gasteiger partial charge in [-0.2, -0.15) is 0 Å². The van der Waals surface area contributed by atoms with Crippen molar-refractivity contribution >= 4 is 29.9 Å². The summed E-state index contributed by atoms with van der Waals surface area (Å²) < 4.78 is 5.30. The van der Waals surface area contributed by atoms with E-state index in [1.54, 1.807) is 24.3 Å². The van der Waals surface area contributed by atoms with Crippen molar-refractivity contribution in [3.63, 3.8) is 0 Å². The number of hydrogen-bond acceptors (Lipinski definition) is 4. The number of benzene rings is 1. The second-order valence-electron chi connectivity index (χ2n) is 7.00. The number of rotatable bonds is 4. The molecule has 2 amide bonds. The van der Waals surface area contributed by atoms with E-state index in [4.69, 9.17) is 4.74 Å². The Bertz CT molecular complexity index is 603. The van der Waals surface area contributed by atoms with Gasteiger partial charge in [0.15, 0.2) is 0 Å². The first-order chi connectivity index (χ1) is 12.1. The number of carbonyl (C=O) groups excluding carboxylic acids is 2. The average molecular weight is 382 g/mol. The lowest BCUT2D eigenvalue weighted by atomic mass is 9.92. The minimum absolute atomic E-state index is 0. The van der Waals surface area contributed by atoms with Crippen LogP contribution < -0.4 is 16.0 Å². The number of anilines is 1. The van der Waals surface area contributed by atoms with Crippen LogP contribution in [0.25, 0.3) is 0 Å². The molecule has 2 aliphatic heterocycles. The molecule has 3 N–H and O–H groups in total. The van der Waals surface area contributed by atoms with Gasteiger partial charge in [0.1, 0.15) is 0 Å². The van der Waals surface area contributed by atoms with Crippen LogP contribution in [0.5, 0.6) is 0 Å². The molecule has 2 heterocycles. The van der Waals surface area contributed by atoms with Gasteiger partial charge in [-0.05, 0) is 63.4 Å². The third-order valence-corrected chi connectivity index (χ3v) is 4.97. The van der Waals surface area contributed by atoms with E-state index in [1.807, 2.05) is 0 Å². The highest BCUT2D eigenvalue weighted by atomic mass is 35.5. The molecule has 0 saturated carbocycles. The van der Waals surface area contributed by atoms with Crippen LogP contribution in [0.4, 0.5) is 5.69 Å². The first kappa shape index (κ1) is 20.7. The summed E-state index contributed by atoms with van der Waals surface area (Å²) in [6, 6.07) is 7.66. The smallest absolute Gasteiger partial charge is 0.251 e. The van der Waals surface area contributed by atoms with Gasteiger partial charge in [-0.1, -0.05) is 0 Å².